The van der Waals surface area contributed by atoms with E-state index in [0.717, 1.165) is 11.3 Å². The monoisotopic (exact) mass is 277 g/mol. The number of carboxylic acid groups (broad SMARTS) is 1. The molecule has 0 aliphatic heterocycles. The van der Waals surface area contributed by atoms with E-state index in [4.69, 9.17) is 11.6 Å². The summed E-state index contributed by atoms with van der Waals surface area (Å²) in [7, 11) is 0. The van der Waals surface area contributed by atoms with E-state index in [9.17, 15) is 9.90 Å². The van der Waals surface area contributed by atoms with Gasteiger partial charge in [0.05, 0.1) is 5.56 Å². The highest BCUT2D eigenvalue weighted by molar-refractivity contribution is 6.30. The summed E-state index contributed by atoms with van der Waals surface area (Å²) in [6.45, 7) is 4.62. The van der Waals surface area contributed by atoms with Gasteiger partial charge in [0.1, 0.15) is 0 Å². The summed E-state index contributed by atoms with van der Waals surface area (Å²) in [5, 5.41) is 9.89. The molecule has 0 radical (unpaired) electrons. The number of carbonyl (C=O) groups is 1. The Hall–Kier alpha value is -1.74. The Bertz CT molecular complexity index is 602. The number of aromatic carboxylic acids is 1. The first kappa shape index (κ1) is 13.7. The lowest BCUT2D eigenvalue weighted by atomic mass is 10.1. The molecule has 0 unspecified atom stereocenters. The highest BCUT2D eigenvalue weighted by Crippen LogP contribution is 2.23. The van der Waals surface area contributed by atoms with Crippen molar-refractivity contribution in [2.75, 3.05) is 0 Å². The third-order valence-electron chi connectivity index (χ3n) is 3.03. The van der Waals surface area contributed by atoms with Crippen LogP contribution in [0.3, 0.4) is 0 Å². The Labute approximate surface area is 117 Å². The zero-order valence-corrected chi connectivity index (χ0v) is 11.7. The van der Waals surface area contributed by atoms with Gasteiger partial charge in [-0.1, -0.05) is 37.6 Å². The second-order valence-corrected chi connectivity index (χ2v) is 5.27. The molecule has 0 spiro atoms. The van der Waals surface area contributed by atoms with Gasteiger partial charge in [0.15, 0.2) is 0 Å². The molecule has 1 heterocycles. The smallest absolute Gasteiger partial charge is 0.337 e. The number of aromatic nitrogens is 1. The molecule has 0 aliphatic carbocycles. The molecule has 0 saturated heterocycles. The van der Waals surface area contributed by atoms with Crippen LogP contribution in [0.25, 0.3) is 0 Å². The minimum Gasteiger partial charge on any atom is -0.478 e. The number of rotatable bonds is 4. The Morgan fingerprint density at radius 1 is 1.37 bits per heavy atom. The molecule has 0 aliphatic rings. The molecular weight excluding hydrogens is 262 g/mol. The predicted molar refractivity (Wildman–Crippen MR) is 76.0 cm³/mol. The highest BCUT2D eigenvalue weighted by atomic mass is 35.5. The van der Waals surface area contributed by atoms with Crippen molar-refractivity contribution in [3.63, 3.8) is 0 Å². The maximum absolute atomic E-state index is 11.2. The minimum atomic E-state index is -0.881. The zero-order valence-electron chi connectivity index (χ0n) is 10.9. The lowest BCUT2D eigenvalue weighted by molar-refractivity contribution is 0.0695. The Morgan fingerprint density at radius 3 is 2.68 bits per heavy atom. The summed E-state index contributed by atoms with van der Waals surface area (Å²) in [6, 6.07) is 9.26. The van der Waals surface area contributed by atoms with E-state index in [0.29, 0.717) is 17.1 Å². The summed E-state index contributed by atoms with van der Waals surface area (Å²) in [6.07, 6.45) is 1.82. The lowest BCUT2D eigenvalue weighted by Gasteiger charge is -2.13. The van der Waals surface area contributed by atoms with Crippen LogP contribution in [-0.2, 0) is 6.54 Å². The van der Waals surface area contributed by atoms with Crippen molar-refractivity contribution in [1.29, 1.82) is 0 Å². The number of halogens is 1. The number of nitrogens with zero attached hydrogens (tertiary/aromatic N) is 1. The second kappa shape index (κ2) is 5.49. The molecule has 1 aromatic heterocycles. The third kappa shape index (κ3) is 2.99. The van der Waals surface area contributed by atoms with Gasteiger partial charge < -0.3 is 9.67 Å². The third-order valence-corrected chi connectivity index (χ3v) is 3.26. The molecule has 3 nitrogen and oxygen atoms in total. The van der Waals surface area contributed by atoms with Gasteiger partial charge in [0.25, 0.3) is 0 Å². The average molecular weight is 278 g/mol. The van der Waals surface area contributed by atoms with Crippen LogP contribution in [0.4, 0.5) is 0 Å². The predicted octanol–water partition coefficient (Wildman–Crippen LogP) is 4.01. The largest absolute Gasteiger partial charge is 0.478 e. The first-order valence-electron chi connectivity index (χ1n) is 6.16. The quantitative estimate of drug-likeness (QED) is 0.917. The summed E-state index contributed by atoms with van der Waals surface area (Å²) < 4.78 is 1.97. The molecule has 0 fully saturated rings. The molecule has 1 aromatic carbocycles. The topological polar surface area (TPSA) is 42.2 Å². The molecule has 19 heavy (non-hydrogen) atoms. The SMILES string of the molecule is CC(C)c1c(C(=O)O)ccn1Cc1cccc(Cl)c1. The van der Waals surface area contributed by atoms with Crippen LogP contribution in [0.1, 0.15) is 41.4 Å². The van der Waals surface area contributed by atoms with E-state index in [1.807, 2.05) is 48.9 Å². The van der Waals surface area contributed by atoms with Crippen LogP contribution in [0.5, 0.6) is 0 Å². The van der Waals surface area contributed by atoms with Gasteiger partial charge in [-0.3, -0.25) is 0 Å². The normalized spacial score (nSPS) is 10.9. The van der Waals surface area contributed by atoms with Gasteiger partial charge in [0, 0.05) is 23.5 Å². The molecule has 2 rings (SSSR count). The van der Waals surface area contributed by atoms with Crippen LogP contribution in [0.2, 0.25) is 5.02 Å². The number of carboxylic acids is 1. The zero-order chi connectivity index (χ0) is 14.0. The first-order chi connectivity index (χ1) is 8.99. The fourth-order valence-corrected chi connectivity index (χ4v) is 2.49. The van der Waals surface area contributed by atoms with Crippen LogP contribution < -0.4 is 0 Å². The van der Waals surface area contributed by atoms with Crippen molar-refractivity contribution >= 4 is 17.6 Å². The van der Waals surface area contributed by atoms with Crippen LogP contribution in [-0.4, -0.2) is 15.6 Å². The Morgan fingerprint density at radius 2 is 2.11 bits per heavy atom. The molecule has 0 amide bonds. The first-order valence-corrected chi connectivity index (χ1v) is 6.53. The fourth-order valence-electron chi connectivity index (χ4n) is 2.28. The van der Waals surface area contributed by atoms with Crippen molar-refractivity contribution in [2.24, 2.45) is 0 Å². The van der Waals surface area contributed by atoms with E-state index in [2.05, 4.69) is 0 Å². The number of hydrogen-bond donors (Lipinski definition) is 1. The average Bonchev–Trinajstić information content (AvgIpc) is 2.73. The molecule has 1 N–H and O–H groups in total. The summed E-state index contributed by atoms with van der Waals surface area (Å²) in [4.78, 5) is 11.2. The summed E-state index contributed by atoms with van der Waals surface area (Å²) >= 11 is 5.97. The molecule has 0 atom stereocenters. The van der Waals surface area contributed by atoms with Crippen molar-refractivity contribution in [3.05, 3.63) is 58.4 Å². The minimum absolute atomic E-state index is 0.153. The van der Waals surface area contributed by atoms with Crippen molar-refractivity contribution in [3.8, 4) is 0 Å². The van der Waals surface area contributed by atoms with Crippen molar-refractivity contribution in [2.45, 2.75) is 26.3 Å². The van der Waals surface area contributed by atoms with E-state index in [1.54, 1.807) is 6.07 Å². The van der Waals surface area contributed by atoms with Crippen molar-refractivity contribution in [1.82, 2.24) is 4.57 Å². The lowest BCUT2D eigenvalue weighted by Crippen LogP contribution is -2.09. The van der Waals surface area contributed by atoms with E-state index >= 15 is 0 Å². The summed E-state index contributed by atoms with van der Waals surface area (Å²) in [5.74, 6) is -0.728. The van der Waals surface area contributed by atoms with Crippen LogP contribution in [0.15, 0.2) is 36.5 Å². The molecule has 4 heteroatoms. The maximum Gasteiger partial charge on any atom is 0.337 e. The summed E-state index contributed by atoms with van der Waals surface area (Å²) in [5.41, 5.74) is 2.27. The van der Waals surface area contributed by atoms with Crippen molar-refractivity contribution < 1.29 is 9.90 Å². The van der Waals surface area contributed by atoms with E-state index in [-0.39, 0.29) is 5.92 Å². The molecule has 0 bridgehead atoms. The van der Waals surface area contributed by atoms with Gasteiger partial charge in [-0.2, -0.15) is 0 Å². The fraction of sp³-hybridized carbons (Fsp3) is 0.267. The number of hydrogen-bond acceptors (Lipinski definition) is 1. The van der Waals surface area contributed by atoms with Gasteiger partial charge in [-0.05, 0) is 29.7 Å². The van der Waals surface area contributed by atoms with E-state index in [1.165, 1.54) is 0 Å². The van der Waals surface area contributed by atoms with Gasteiger partial charge in [-0.25, -0.2) is 4.79 Å². The van der Waals surface area contributed by atoms with Crippen LogP contribution >= 0.6 is 11.6 Å². The van der Waals surface area contributed by atoms with Gasteiger partial charge >= 0.3 is 5.97 Å². The Kier molecular flexibility index (Phi) is 3.96. The maximum atomic E-state index is 11.2. The standard InChI is InChI=1S/C15H16ClNO2/c1-10(2)14-13(15(18)19)6-7-17(14)9-11-4-3-5-12(16)8-11/h3-8,10H,9H2,1-2H3,(H,18,19). The number of benzene rings is 1. The molecule has 100 valence electrons. The molecule has 2 aromatic rings. The van der Waals surface area contributed by atoms with Gasteiger partial charge in [0.2, 0.25) is 0 Å². The Balaban J connectivity index is 2.38. The second-order valence-electron chi connectivity index (χ2n) is 4.83. The van der Waals surface area contributed by atoms with E-state index < -0.39 is 5.97 Å². The molecule has 0 saturated carbocycles. The molecular formula is C15H16ClNO2. The van der Waals surface area contributed by atoms with Crippen LogP contribution in [0, 0.1) is 0 Å². The van der Waals surface area contributed by atoms with Gasteiger partial charge in [-0.15, -0.1) is 0 Å². The highest BCUT2D eigenvalue weighted by Gasteiger charge is 2.17.